The second kappa shape index (κ2) is 6.83. The summed E-state index contributed by atoms with van der Waals surface area (Å²) < 4.78 is 5.14. The molecule has 0 unspecified atom stereocenters. The summed E-state index contributed by atoms with van der Waals surface area (Å²) in [5.41, 5.74) is 7.32. The lowest BCUT2D eigenvalue weighted by molar-refractivity contribution is 0.112. The highest BCUT2D eigenvalue weighted by molar-refractivity contribution is 5.92. The van der Waals surface area contributed by atoms with Crippen molar-refractivity contribution < 1.29 is 4.74 Å². The minimum Gasteiger partial charge on any atom is -0.497 e. The van der Waals surface area contributed by atoms with E-state index in [2.05, 4.69) is 24.2 Å². The van der Waals surface area contributed by atoms with Gasteiger partial charge in [0.2, 0.25) is 0 Å². The van der Waals surface area contributed by atoms with E-state index in [0.717, 1.165) is 23.9 Å². The fraction of sp³-hybridized carbons (Fsp3) is 0.588. The highest BCUT2D eigenvalue weighted by Gasteiger charge is 2.37. The Bertz CT molecular complexity index is 475. The maximum atomic E-state index is 6.00. The molecule has 1 saturated carbocycles. The predicted molar refractivity (Wildman–Crippen MR) is 88.8 cm³/mol. The molecule has 1 aromatic carbocycles. The summed E-state index contributed by atoms with van der Waals surface area (Å²) in [6, 6.07) is 7.69. The first-order valence-corrected chi connectivity index (χ1v) is 7.74. The average Bonchev–Trinajstić information content (AvgIpc) is 2.42. The molecule has 3 N–H and O–H groups in total. The van der Waals surface area contributed by atoms with Gasteiger partial charge in [-0.2, -0.15) is 0 Å². The number of nitrogens with one attached hydrogen (secondary N) is 1. The van der Waals surface area contributed by atoms with Crippen LogP contribution in [0.2, 0.25) is 0 Å². The van der Waals surface area contributed by atoms with Crippen LogP contribution in [-0.4, -0.2) is 19.6 Å². The van der Waals surface area contributed by atoms with E-state index in [1.807, 2.05) is 24.3 Å². The topological polar surface area (TPSA) is 59.6 Å². The minimum absolute atomic E-state index is 0.389. The summed E-state index contributed by atoms with van der Waals surface area (Å²) in [6.45, 7) is 5.39. The number of ether oxygens (including phenoxy) is 1. The molecule has 2 rings (SSSR count). The molecule has 1 fully saturated rings. The Morgan fingerprint density at radius 3 is 2.48 bits per heavy atom. The Morgan fingerprint density at radius 1 is 1.33 bits per heavy atom. The Hall–Kier alpha value is -1.71. The third-order valence-corrected chi connectivity index (χ3v) is 4.20. The molecule has 0 saturated heterocycles. The van der Waals surface area contributed by atoms with Crippen LogP contribution in [0.5, 0.6) is 5.75 Å². The van der Waals surface area contributed by atoms with Crippen molar-refractivity contribution in [1.29, 1.82) is 0 Å². The molecule has 4 nitrogen and oxygen atoms in total. The highest BCUT2D eigenvalue weighted by Crippen LogP contribution is 2.46. The maximum absolute atomic E-state index is 6.00. The van der Waals surface area contributed by atoms with Gasteiger partial charge in [0.1, 0.15) is 5.75 Å². The number of benzene rings is 1. The molecule has 116 valence electrons. The fourth-order valence-electron chi connectivity index (χ4n) is 3.08. The number of anilines is 1. The lowest BCUT2D eigenvalue weighted by Gasteiger charge is -2.42. The zero-order valence-electron chi connectivity index (χ0n) is 13.4. The van der Waals surface area contributed by atoms with Crippen LogP contribution in [-0.2, 0) is 0 Å². The molecule has 0 spiro atoms. The first-order valence-electron chi connectivity index (χ1n) is 7.74. The van der Waals surface area contributed by atoms with Gasteiger partial charge in [-0.25, -0.2) is 0 Å². The third-order valence-electron chi connectivity index (χ3n) is 4.20. The second-order valence-electron chi connectivity index (χ2n) is 6.51. The van der Waals surface area contributed by atoms with E-state index in [4.69, 9.17) is 10.5 Å². The standard InChI is InChI=1S/C17H27N3O/c1-13(2)11-17(9-4-10-17)12-19-16(18)20-14-5-7-15(21-3)8-6-14/h5-8,13H,4,9-12H2,1-3H3,(H3,18,19,20). The lowest BCUT2D eigenvalue weighted by atomic mass is 9.64. The molecule has 0 radical (unpaired) electrons. The molecule has 0 heterocycles. The SMILES string of the molecule is COc1ccc(NC(N)=NCC2(CC(C)C)CCC2)cc1. The monoisotopic (exact) mass is 289 g/mol. The van der Waals surface area contributed by atoms with Crippen LogP contribution in [0.3, 0.4) is 0 Å². The second-order valence-corrected chi connectivity index (χ2v) is 6.51. The Labute approximate surface area is 127 Å². The Balaban J connectivity index is 1.91. The van der Waals surface area contributed by atoms with Gasteiger partial charge in [-0.1, -0.05) is 20.3 Å². The van der Waals surface area contributed by atoms with Gasteiger partial charge < -0.3 is 15.8 Å². The van der Waals surface area contributed by atoms with Crippen molar-refractivity contribution >= 4 is 11.6 Å². The quantitative estimate of drug-likeness (QED) is 0.621. The number of nitrogens with zero attached hydrogens (tertiary/aromatic N) is 1. The zero-order chi connectivity index (χ0) is 15.3. The van der Waals surface area contributed by atoms with E-state index in [1.54, 1.807) is 7.11 Å². The van der Waals surface area contributed by atoms with Crippen LogP contribution in [0.25, 0.3) is 0 Å². The molecule has 0 aromatic heterocycles. The molecule has 21 heavy (non-hydrogen) atoms. The summed E-state index contributed by atoms with van der Waals surface area (Å²) in [6.07, 6.45) is 5.13. The molecular formula is C17H27N3O. The Kier molecular flexibility index (Phi) is 5.10. The number of methoxy groups -OCH3 is 1. The van der Waals surface area contributed by atoms with Crippen molar-refractivity contribution in [3.05, 3.63) is 24.3 Å². The molecule has 0 atom stereocenters. The predicted octanol–water partition coefficient (Wildman–Crippen LogP) is 3.64. The first-order chi connectivity index (χ1) is 10.0. The van der Waals surface area contributed by atoms with Gasteiger partial charge in [-0.3, -0.25) is 4.99 Å². The van der Waals surface area contributed by atoms with E-state index in [0.29, 0.717) is 11.4 Å². The van der Waals surface area contributed by atoms with Crippen molar-refractivity contribution in [3.8, 4) is 5.75 Å². The van der Waals surface area contributed by atoms with Gasteiger partial charge in [-0.15, -0.1) is 0 Å². The number of hydrogen-bond acceptors (Lipinski definition) is 2. The molecular weight excluding hydrogens is 262 g/mol. The fourth-order valence-corrected chi connectivity index (χ4v) is 3.08. The van der Waals surface area contributed by atoms with E-state index in [-0.39, 0.29) is 0 Å². The summed E-state index contributed by atoms with van der Waals surface area (Å²) in [4.78, 5) is 4.56. The van der Waals surface area contributed by atoms with Crippen molar-refractivity contribution in [1.82, 2.24) is 0 Å². The van der Waals surface area contributed by atoms with Crippen molar-refractivity contribution in [3.63, 3.8) is 0 Å². The summed E-state index contributed by atoms with van der Waals surface area (Å²) in [5.74, 6) is 2.05. The summed E-state index contributed by atoms with van der Waals surface area (Å²) >= 11 is 0. The maximum Gasteiger partial charge on any atom is 0.193 e. The van der Waals surface area contributed by atoms with Gasteiger partial charge in [0.25, 0.3) is 0 Å². The minimum atomic E-state index is 0.389. The largest absolute Gasteiger partial charge is 0.497 e. The molecule has 1 aliphatic rings. The van der Waals surface area contributed by atoms with E-state index in [9.17, 15) is 0 Å². The smallest absolute Gasteiger partial charge is 0.193 e. The van der Waals surface area contributed by atoms with Crippen molar-refractivity contribution in [2.24, 2.45) is 22.1 Å². The number of hydrogen-bond donors (Lipinski definition) is 2. The van der Waals surface area contributed by atoms with Crippen LogP contribution in [0.4, 0.5) is 5.69 Å². The van der Waals surface area contributed by atoms with Crippen molar-refractivity contribution in [2.75, 3.05) is 19.0 Å². The first kappa shape index (κ1) is 15.7. The van der Waals surface area contributed by atoms with E-state index >= 15 is 0 Å². The molecule has 1 aliphatic carbocycles. The van der Waals surface area contributed by atoms with Crippen LogP contribution in [0.15, 0.2) is 29.3 Å². The highest BCUT2D eigenvalue weighted by atomic mass is 16.5. The van der Waals surface area contributed by atoms with Crippen LogP contribution < -0.4 is 15.8 Å². The molecule has 0 aliphatic heterocycles. The average molecular weight is 289 g/mol. The number of guanidine groups is 1. The van der Waals surface area contributed by atoms with Gasteiger partial charge >= 0.3 is 0 Å². The summed E-state index contributed by atoms with van der Waals surface area (Å²) in [7, 11) is 1.66. The van der Waals surface area contributed by atoms with E-state index < -0.39 is 0 Å². The lowest BCUT2D eigenvalue weighted by Crippen LogP contribution is -2.35. The molecule has 1 aromatic rings. The zero-order valence-corrected chi connectivity index (χ0v) is 13.4. The molecule has 4 heteroatoms. The van der Waals surface area contributed by atoms with Crippen LogP contribution in [0, 0.1) is 11.3 Å². The van der Waals surface area contributed by atoms with Crippen molar-refractivity contribution in [2.45, 2.75) is 39.5 Å². The number of aliphatic imine (C=N–C) groups is 1. The van der Waals surface area contributed by atoms with E-state index in [1.165, 1.54) is 25.7 Å². The van der Waals surface area contributed by atoms with Crippen LogP contribution >= 0.6 is 0 Å². The normalized spacial score (nSPS) is 17.4. The molecule has 0 bridgehead atoms. The number of rotatable bonds is 6. The van der Waals surface area contributed by atoms with Gasteiger partial charge in [0.15, 0.2) is 5.96 Å². The molecule has 0 amide bonds. The van der Waals surface area contributed by atoms with Crippen LogP contribution in [0.1, 0.15) is 39.5 Å². The van der Waals surface area contributed by atoms with Gasteiger partial charge in [0, 0.05) is 12.2 Å². The van der Waals surface area contributed by atoms with Gasteiger partial charge in [0.05, 0.1) is 7.11 Å². The summed E-state index contributed by atoms with van der Waals surface area (Å²) in [5, 5.41) is 3.14. The van der Waals surface area contributed by atoms with Gasteiger partial charge in [-0.05, 0) is 54.9 Å². The number of nitrogens with two attached hydrogens (primary N) is 1. The third kappa shape index (κ3) is 4.38. The Morgan fingerprint density at radius 2 is 2.00 bits per heavy atom.